The summed E-state index contributed by atoms with van der Waals surface area (Å²) in [6, 6.07) is 4.71. The molecule has 3 rings (SSSR count). The van der Waals surface area contributed by atoms with Gasteiger partial charge in [-0.15, -0.1) is 0 Å². The predicted octanol–water partition coefficient (Wildman–Crippen LogP) is 1.95. The first-order valence-electron chi connectivity index (χ1n) is 6.99. The SMILES string of the molecule is COc1cc([N+](=O)[O-])ccc1N1CCC2(CC1)OCCO2. The van der Waals surface area contributed by atoms with E-state index in [0.29, 0.717) is 19.0 Å². The Kier molecular flexibility index (Phi) is 3.69. The van der Waals surface area contributed by atoms with Crippen LogP contribution in [0.5, 0.6) is 5.75 Å². The molecule has 7 nitrogen and oxygen atoms in total. The fraction of sp³-hybridized carbons (Fsp3) is 0.571. The van der Waals surface area contributed by atoms with Gasteiger partial charge in [0, 0.05) is 32.0 Å². The lowest BCUT2D eigenvalue weighted by atomic mass is 10.0. The van der Waals surface area contributed by atoms with Crippen LogP contribution in [-0.2, 0) is 9.47 Å². The summed E-state index contributed by atoms with van der Waals surface area (Å²) in [6.45, 7) is 2.85. The van der Waals surface area contributed by atoms with E-state index in [1.54, 1.807) is 6.07 Å². The van der Waals surface area contributed by atoms with E-state index in [0.717, 1.165) is 31.6 Å². The van der Waals surface area contributed by atoms with Crippen LogP contribution >= 0.6 is 0 Å². The smallest absolute Gasteiger partial charge is 0.273 e. The molecule has 1 spiro atoms. The predicted molar refractivity (Wildman–Crippen MR) is 75.7 cm³/mol. The minimum Gasteiger partial charge on any atom is -0.494 e. The Balaban J connectivity index is 1.77. The third-order valence-corrected chi connectivity index (χ3v) is 4.05. The number of anilines is 1. The molecule has 21 heavy (non-hydrogen) atoms. The Morgan fingerprint density at radius 2 is 1.95 bits per heavy atom. The molecule has 1 aromatic carbocycles. The lowest BCUT2D eigenvalue weighted by Gasteiger charge is -2.39. The number of nitro benzene ring substituents is 1. The van der Waals surface area contributed by atoms with Gasteiger partial charge in [0.15, 0.2) is 5.79 Å². The number of methoxy groups -OCH3 is 1. The van der Waals surface area contributed by atoms with Crippen molar-refractivity contribution in [3.63, 3.8) is 0 Å². The van der Waals surface area contributed by atoms with Crippen molar-refractivity contribution in [3.8, 4) is 5.75 Å². The van der Waals surface area contributed by atoms with Crippen molar-refractivity contribution in [2.75, 3.05) is 38.3 Å². The largest absolute Gasteiger partial charge is 0.494 e. The fourth-order valence-corrected chi connectivity index (χ4v) is 2.92. The Morgan fingerprint density at radius 3 is 2.52 bits per heavy atom. The van der Waals surface area contributed by atoms with Gasteiger partial charge in [-0.05, 0) is 6.07 Å². The number of benzene rings is 1. The molecular formula is C14H18N2O5. The van der Waals surface area contributed by atoms with Crippen LogP contribution in [0.2, 0.25) is 0 Å². The lowest BCUT2D eigenvalue weighted by molar-refractivity contribution is -0.384. The van der Waals surface area contributed by atoms with E-state index in [4.69, 9.17) is 14.2 Å². The highest BCUT2D eigenvalue weighted by Gasteiger charge is 2.40. The van der Waals surface area contributed by atoms with Crippen LogP contribution in [0.4, 0.5) is 11.4 Å². The van der Waals surface area contributed by atoms with E-state index in [1.165, 1.54) is 19.2 Å². The minimum absolute atomic E-state index is 0.0338. The average molecular weight is 294 g/mol. The first-order chi connectivity index (χ1) is 10.1. The molecule has 0 unspecified atom stereocenters. The summed E-state index contributed by atoms with van der Waals surface area (Å²) in [6.07, 6.45) is 1.57. The topological polar surface area (TPSA) is 74.1 Å². The van der Waals surface area contributed by atoms with Crippen LogP contribution in [0.3, 0.4) is 0 Å². The number of non-ortho nitro benzene ring substituents is 1. The molecule has 0 saturated carbocycles. The first kappa shape index (κ1) is 14.1. The number of nitrogens with zero attached hydrogens (tertiary/aromatic N) is 2. The van der Waals surface area contributed by atoms with E-state index >= 15 is 0 Å². The number of hydrogen-bond donors (Lipinski definition) is 0. The fourth-order valence-electron chi connectivity index (χ4n) is 2.92. The number of ether oxygens (including phenoxy) is 3. The van der Waals surface area contributed by atoms with Crippen LogP contribution in [-0.4, -0.2) is 44.1 Å². The molecular weight excluding hydrogens is 276 g/mol. The van der Waals surface area contributed by atoms with Gasteiger partial charge in [0.05, 0.1) is 37.0 Å². The molecule has 1 aromatic rings. The Hall–Kier alpha value is -1.86. The van der Waals surface area contributed by atoms with Gasteiger partial charge in [0.2, 0.25) is 0 Å². The van der Waals surface area contributed by atoms with Crippen LogP contribution < -0.4 is 9.64 Å². The Morgan fingerprint density at radius 1 is 1.29 bits per heavy atom. The molecule has 0 amide bonds. The van der Waals surface area contributed by atoms with E-state index in [1.807, 2.05) is 0 Å². The van der Waals surface area contributed by atoms with Gasteiger partial charge in [-0.25, -0.2) is 0 Å². The van der Waals surface area contributed by atoms with Gasteiger partial charge < -0.3 is 19.1 Å². The van der Waals surface area contributed by atoms with Crippen molar-refractivity contribution in [3.05, 3.63) is 28.3 Å². The number of rotatable bonds is 3. The highest BCUT2D eigenvalue weighted by molar-refractivity contribution is 5.62. The molecule has 2 fully saturated rings. The standard InChI is InChI=1S/C14H18N2O5/c1-19-13-10-11(16(17)18)2-3-12(13)15-6-4-14(5-7-15)20-8-9-21-14/h2-3,10H,4-9H2,1H3. The summed E-state index contributed by atoms with van der Waals surface area (Å²) in [5, 5.41) is 10.8. The average Bonchev–Trinajstić information content (AvgIpc) is 2.95. The van der Waals surface area contributed by atoms with Crippen LogP contribution in [0.1, 0.15) is 12.8 Å². The Bertz CT molecular complexity index is 532. The second-order valence-corrected chi connectivity index (χ2v) is 5.21. The number of hydrogen-bond acceptors (Lipinski definition) is 6. The van der Waals surface area contributed by atoms with Crippen LogP contribution in [0.15, 0.2) is 18.2 Å². The van der Waals surface area contributed by atoms with Gasteiger partial charge in [-0.3, -0.25) is 10.1 Å². The molecule has 2 aliphatic heterocycles. The second kappa shape index (κ2) is 5.50. The highest BCUT2D eigenvalue weighted by Crippen LogP contribution is 2.37. The van der Waals surface area contributed by atoms with Gasteiger partial charge in [0.1, 0.15) is 5.75 Å². The van der Waals surface area contributed by atoms with Crippen molar-refractivity contribution in [2.24, 2.45) is 0 Å². The highest BCUT2D eigenvalue weighted by atomic mass is 16.7. The van der Waals surface area contributed by atoms with Gasteiger partial charge in [-0.1, -0.05) is 0 Å². The zero-order valence-corrected chi connectivity index (χ0v) is 11.9. The normalized spacial score (nSPS) is 20.7. The summed E-state index contributed by atoms with van der Waals surface area (Å²) in [5.74, 6) is 0.0956. The second-order valence-electron chi connectivity index (χ2n) is 5.21. The molecule has 0 atom stereocenters. The third-order valence-electron chi connectivity index (χ3n) is 4.05. The molecule has 7 heteroatoms. The summed E-state index contributed by atoms with van der Waals surface area (Å²) < 4.78 is 16.7. The summed E-state index contributed by atoms with van der Waals surface area (Å²) in [4.78, 5) is 12.6. The maximum atomic E-state index is 10.8. The van der Waals surface area contributed by atoms with Gasteiger partial charge in [-0.2, -0.15) is 0 Å². The quantitative estimate of drug-likeness (QED) is 0.626. The lowest BCUT2D eigenvalue weighted by Crippen LogP contribution is -2.45. The molecule has 2 heterocycles. The first-order valence-corrected chi connectivity index (χ1v) is 6.99. The monoisotopic (exact) mass is 294 g/mol. The molecule has 0 bridgehead atoms. The third kappa shape index (κ3) is 2.66. The van der Waals surface area contributed by atoms with Crippen molar-refractivity contribution in [1.82, 2.24) is 0 Å². The van der Waals surface area contributed by atoms with Crippen molar-refractivity contribution >= 4 is 11.4 Å². The summed E-state index contributed by atoms with van der Waals surface area (Å²) >= 11 is 0. The van der Waals surface area contributed by atoms with E-state index in [2.05, 4.69) is 4.90 Å². The van der Waals surface area contributed by atoms with E-state index < -0.39 is 10.7 Å². The minimum atomic E-state index is -0.426. The van der Waals surface area contributed by atoms with Gasteiger partial charge in [0.25, 0.3) is 5.69 Å². The molecule has 2 aliphatic rings. The van der Waals surface area contributed by atoms with Crippen molar-refractivity contribution in [1.29, 1.82) is 0 Å². The van der Waals surface area contributed by atoms with Crippen LogP contribution in [0.25, 0.3) is 0 Å². The molecule has 114 valence electrons. The Labute approximate surface area is 122 Å². The maximum absolute atomic E-state index is 10.8. The summed E-state index contributed by atoms with van der Waals surface area (Å²) in [7, 11) is 1.52. The zero-order valence-electron chi connectivity index (χ0n) is 11.9. The molecule has 0 aliphatic carbocycles. The molecule has 0 radical (unpaired) electrons. The maximum Gasteiger partial charge on any atom is 0.273 e. The molecule has 2 saturated heterocycles. The van der Waals surface area contributed by atoms with Gasteiger partial charge >= 0.3 is 0 Å². The molecule has 0 aromatic heterocycles. The van der Waals surface area contributed by atoms with Crippen molar-refractivity contribution in [2.45, 2.75) is 18.6 Å². The van der Waals surface area contributed by atoms with Crippen LogP contribution in [0, 0.1) is 10.1 Å². The zero-order chi connectivity index (χ0) is 14.9. The summed E-state index contributed by atoms with van der Waals surface area (Å²) in [5.41, 5.74) is 0.905. The van der Waals surface area contributed by atoms with E-state index in [9.17, 15) is 10.1 Å². The number of nitro groups is 1. The molecule has 0 N–H and O–H groups in total. The van der Waals surface area contributed by atoms with Crippen molar-refractivity contribution < 1.29 is 19.1 Å². The van der Waals surface area contributed by atoms with E-state index in [-0.39, 0.29) is 5.69 Å². The number of piperidine rings is 1.